The molecule has 0 amide bonds. The summed E-state index contributed by atoms with van der Waals surface area (Å²) < 4.78 is 14.2. The summed E-state index contributed by atoms with van der Waals surface area (Å²) in [6, 6.07) is 20.5. The molecule has 0 aliphatic carbocycles. The molecule has 2 rings (SSSR count). The second-order valence-corrected chi connectivity index (χ2v) is 7.61. The number of ether oxygens (including phenoxy) is 2. The standard InChI is InChI=1S/C18H20O2Te/c1-2-13-19-17(14-20-16-9-5-3-6-10-16)15-21-18-11-7-4-8-12-18/h2-12,17H,1,13-15H2. The summed E-state index contributed by atoms with van der Waals surface area (Å²) in [4.78, 5) is 0. The Bertz CT molecular complexity index is 470. The Morgan fingerprint density at radius 2 is 1.67 bits per heavy atom. The summed E-state index contributed by atoms with van der Waals surface area (Å²) in [7, 11) is 0. The maximum absolute atomic E-state index is 5.82. The maximum atomic E-state index is 5.82. The zero-order valence-electron chi connectivity index (χ0n) is 12.0. The molecule has 2 nitrogen and oxygen atoms in total. The SMILES string of the molecule is C=CCOC(COc1ccccc1)C[Te]c1ccccc1. The summed E-state index contributed by atoms with van der Waals surface area (Å²) in [5, 5.41) is 0. The van der Waals surface area contributed by atoms with Crippen LogP contribution in [-0.4, -0.2) is 40.2 Å². The van der Waals surface area contributed by atoms with Gasteiger partial charge < -0.3 is 0 Å². The van der Waals surface area contributed by atoms with E-state index in [0.29, 0.717) is 13.2 Å². The molecular weight excluding hydrogens is 376 g/mol. The first-order valence-electron chi connectivity index (χ1n) is 6.96. The van der Waals surface area contributed by atoms with Crippen molar-refractivity contribution in [3.63, 3.8) is 0 Å². The molecule has 0 fully saturated rings. The minimum absolute atomic E-state index is 0.130. The molecule has 0 saturated carbocycles. The van der Waals surface area contributed by atoms with Gasteiger partial charge in [0.2, 0.25) is 0 Å². The minimum atomic E-state index is -0.242. The summed E-state index contributed by atoms with van der Waals surface area (Å²) in [5.41, 5.74) is 0. The van der Waals surface area contributed by atoms with E-state index in [1.54, 1.807) is 6.08 Å². The second-order valence-electron chi connectivity index (χ2n) is 4.49. The molecule has 0 N–H and O–H groups in total. The predicted octanol–water partition coefficient (Wildman–Crippen LogP) is 3.08. The van der Waals surface area contributed by atoms with E-state index in [1.165, 1.54) is 3.61 Å². The summed E-state index contributed by atoms with van der Waals surface area (Å²) >= 11 is -0.242. The first-order chi connectivity index (χ1) is 10.4. The van der Waals surface area contributed by atoms with Crippen LogP contribution in [0.15, 0.2) is 73.3 Å². The van der Waals surface area contributed by atoms with E-state index in [9.17, 15) is 0 Å². The molecule has 0 radical (unpaired) electrons. The fraction of sp³-hybridized carbons (Fsp3) is 0.222. The van der Waals surface area contributed by atoms with Crippen molar-refractivity contribution in [3.05, 3.63) is 73.3 Å². The molecule has 0 spiro atoms. The summed E-state index contributed by atoms with van der Waals surface area (Å²) in [6.07, 6.45) is 1.92. The van der Waals surface area contributed by atoms with Gasteiger partial charge in [-0.1, -0.05) is 0 Å². The fourth-order valence-corrected chi connectivity index (χ4v) is 4.39. The van der Waals surface area contributed by atoms with Crippen molar-refractivity contribution >= 4 is 24.5 Å². The van der Waals surface area contributed by atoms with Crippen LogP contribution in [0.4, 0.5) is 0 Å². The van der Waals surface area contributed by atoms with Crippen molar-refractivity contribution in [1.29, 1.82) is 0 Å². The van der Waals surface area contributed by atoms with Crippen molar-refractivity contribution in [2.45, 2.75) is 10.6 Å². The van der Waals surface area contributed by atoms with E-state index in [-0.39, 0.29) is 27.0 Å². The van der Waals surface area contributed by atoms with Crippen molar-refractivity contribution in [2.75, 3.05) is 13.2 Å². The third-order valence-corrected chi connectivity index (χ3v) is 6.07. The van der Waals surface area contributed by atoms with Gasteiger partial charge in [-0.15, -0.1) is 0 Å². The number of benzene rings is 2. The van der Waals surface area contributed by atoms with Gasteiger partial charge in [-0.3, -0.25) is 0 Å². The predicted molar refractivity (Wildman–Crippen MR) is 88.5 cm³/mol. The molecular formula is C18H20O2Te. The Kier molecular flexibility index (Phi) is 7.38. The number of rotatable bonds is 9. The van der Waals surface area contributed by atoms with Gasteiger partial charge in [-0.2, -0.15) is 0 Å². The Balaban J connectivity index is 1.83. The monoisotopic (exact) mass is 398 g/mol. The van der Waals surface area contributed by atoms with Crippen LogP contribution in [0.25, 0.3) is 0 Å². The zero-order chi connectivity index (χ0) is 14.8. The van der Waals surface area contributed by atoms with Crippen LogP contribution in [0.1, 0.15) is 0 Å². The van der Waals surface area contributed by atoms with Crippen LogP contribution in [0, 0.1) is 0 Å². The van der Waals surface area contributed by atoms with Crippen molar-refractivity contribution in [3.8, 4) is 5.75 Å². The van der Waals surface area contributed by atoms with Gasteiger partial charge in [0.1, 0.15) is 0 Å². The molecule has 110 valence electrons. The molecule has 0 aliphatic rings. The van der Waals surface area contributed by atoms with Crippen LogP contribution in [0.5, 0.6) is 5.75 Å². The van der Waals surface area contributed by atoms with Gasteiger partial charge in [0.15, 0.2) is 0 Å². The van der Waals surface area contributed by atoms with Gasteiger partial charge in [0, 0.05) is 0 Å². The van der Waals surface area contributed by atoms with Gasteiger partial charge >= 0.3 is 137 Å². The van der Waals surface area contributed by atoms with Gasteiger partial charge in [0.05, 0.1) is 0 Å². The molecule has 2 aromatic carbocycles. The Labute approximate surface area is 136 Å². The number of para-hydroxylation sites is 1. The fourth-order valence-electron chi connectivity index (χ4n) is 1.76. The molecule has 0 heterocycles. The molecule has 0 bridgehead atoms. The van der Waals surface area contributed by atoms with Crippen LogP contribution in [0.2, 0.25) is 4.47 Å². The first kappa shape index (κ1) is 16.1. The molecule has 0 saturated heterocycles. The molecule has 1 unspecified atom stereocenters. The third-order valence-electron chi connectivity index (χ3n) is 2.81. The number of hydrogen-bond acceptors (Lipinski definition) is 2. The first-order valence-corrected chi connectivity index (χ1v) is 9.78. The van der Waals surface area contributed by atoms with Crippen LogP contribution in [0.3, 0.4) is 0 Å². The quantitative estimate of drug-likeness (QED) is 0.480. The molecule has 0 aliphatic heterocycles. The van der Waals surface area contributed by atoms with Crippen LogP contribution in [-0.2, 0) is 4.74 Å². The Morgan fingerprint density at radius 1 is 1.00 bits per heavy atom. The average Bonchev–Trinajstić information content (AvgIpc) is 2.56. The van der Waals surface area contributed by atoms with E-state index >= 15 is 0 Å². The molecule has 1 atom stereocenters. The third kappa shape index (κ3) is 6.35. The molecule has 0 aromatic heterocycles. The van der Waals surface area contributed by atoms with Crippen LogP contribution < -0.4 is 8.35 Å². The topological polar surface area (TPSA) is 18.5 Å². The van der Waals surface area contributed by atoms with Gasteiger partial charge in [-0.05, 0) is 0 Å². The van der Waals surface area contributed by atoms with Crippen LogP contribution >= 0.6 is 0 Å². The van der Waals surface area contributed by atoms with E-state index in [4.69, 9.17) is 9.47 Å². The van der Waals surface area contributed by atoms with E-state index in [1.807, 2.05) is 30.3 Å². The van der Waals surface area contributed by atoms with Crippen molar-refractivity contribution in [2.24, 2.45) is 0 Å². The number of hydrogen-bond donors (Lipinski definition) is 0. The van der Waals surface area contributed by atoms with E-state index < -0.39 is 0 Å². The van der Waals surface area contributed by atoms with E-state index in [2.05, 4.69) is 36.9 Å². The van der Waals surface area contributed by atoms with Gasteiger partial charge in [0.25, 0.3) is 0 Å². The second kappa shape index (κ2) is 9.63. The van der Waals surface area contributed by atoms with Crippen molar-refractivity contribution in [1.82, 2.24) is 0 Å². The Morgan fingerprint density at radius 3 is 2.33 bits per heavy atom. The summed E-state index contributed by atoms with van der Waals surface area (Å²) in [6.45, 7) is 4.88. The average molecular weight is 396 g/mol. The molecule has 3 heteroatoms. The molecule has 2 aromatic rings. The van der Waals surface area contributed by atoms with Gasteiger partial charge in [-0.25, -0.2) is 0 Å². The zero-order valence-corrected chi connectivity index (χ0v) is 14.3. The van der Waals surface area contributed by atoms with Crippen molar-refractivity contribution < 1.29 is 9.47 Å². The normalized spacial score (nSPS) is 11.8. The molecule has 21 heavy (non-hydrogen) atoms. The Hall–Kier alpha value is -1.27. The van der Waals surface area contributed by atoms with E-state index in [0.717, 1.165) is 10.2 Å². The summed E-state index contributed by atoms with van der Waals surface area (Å²) in [5.74, 6) is 0.894.